The second-order valence-electron chi connectivity index (χ2n) is 4.73. The fraction of sp³-hybridized carbons (Fsp3) is 0.462. The van der Waals surface area contributed by atoms with E-state index in [0.29, 0.717) is 31.9 Å². The molecule has 0 atom stereocenters. The van der Waals surface area contributed by atoms with Crippen molar-refractivity contribution in [2.75, 3.05) is 32.8 Å². The molecule has 21 heavy (non-hydrogen) atoms. The Bertz CT molecular complexity index is 627. The fourth-order valence-electron chi connectivity index (χ4n) is 2.07. The average Bonchev–Trinajstić information content (AvgIpc) is 2.45. The molecule has 1 aromatic rings. The van der Waals surface area contributed by atoms with Gasteiger partial charge in [-0.3, -0.25) is 4.79 Å². The molecule has 0 unspecified atom stereocenters. The predicted octanol–water partition coefficient (Wildman–Crippen LogP) is 0.271. The smallest absolute Gasteiger partial charge is 0.241 e. The molecule has 1 amide bonds. The summed E-state index contributed by atoms with van der Waals surface area (Å²) in [5, 5.41) is 0. The minimum absolute atomic E-state index is 0.0290. The molecule has 0 radical (unpaired) electrons. The van der Waals surface area contributed by atoms with Crippen LogP contribution >= 0.6 is 0 Å². The van der Waals surface area contributed by atoms with Gasteiger partial charge >= 0.3 is 0 Å². The number of hydrogen-bond donors (Lipinski definition) is 1. The number of benzene rings is 1. The topological polar surface area (TPSA) is 75.7 Å². The van der Waals surface area contributed by atoms with Gasteiger partial charge in [-0.15, -0.1) is 0 Å². The van der Waals surface area contributed by atoms with Crippen LogP contribution in [0.2, 0.25) is 0 Å². The van der Waals surface area contributed by atoms with Crippen LogP contribution < -0.4 is 4.72 Å². The largest absolute Gasteiger partial charge is 0.378 e. The van der Waals surface area contributed by atoms with Crippen LogP contribution in [0.25, 0.3) is 0 Å². The van der Waals surface area contributed by atoms with Crippen molar-refractivity contribution < 1.29 is 22.3 Å². The number of nitrogens with one attached hydrogen (secondary N) is 1. The highest BCUT2D eigenvalue weighted by Crippen LogP contribution is 2.15. The van der Waals surface area contributed by atoms with Gasteiger partial charge in [-0.2, -0.15) is 0 Å². The molecular weight excluding hydrogens is 299 g/mol. The third-order valence-electron chi connectivity index (χ3n) is 3.20. The Balaban J connectivity index is 2.02. The number of nitrogens with zero attached hydrogens (tertiary/aromatic N) is 1. The van der Waals surface area contributed by atoms with Gasteiger partial charge in [-0.25, -0.2) is 17.5 Å². The molecule has 1 aliphatic rings. The monoisotopic (exact) mass is 316 g/mol. The molecule has 0 bridgehead atoms. The lowest BCUT2D eigenvalue weighted by Crippen LogP contribution is -2.45. The number of aryl methyl sites for hydroxylation is 1. The maximum Gasteiger partial charge on any atom is 0.241 e. The molecule has 0 aromatic heterocycles. The molecule has 116 valence electrons. The van der Waals surface area contributed by atoms with Crippen LogP contribution in [0.5, 0.6) is 0 Å². The first kappa shape index (κ1) is 15.9. The molecule has 8 heteroatoms. The molecule has 1 N–H and O–H groups in total. The van der Waals surface area contributed by atoms with Gasteiger partial charge in [0.1, 0.15) is 5.82 Å². The number of carbonyl (C=O) groups excluding carboxylic acids is 1. The van der Waals surface area contributed by atoms with Gasteiger partial charge in [-0.1, -0.05) is 0 Å². The van der Waals surface area contributed by atoms with Crippen LogP contribution in [0.15, 0.2) is 23.1 Å². The molecule has 1 saturated heterocycles. The van der Waals surface area contributed by atoms with Crippen LogP contribution in [0.4, 0.5) is 4.39 Å². The summed E-state index contributed by atoms with van der Waals surface area (Å²) in [6.07, 6.45) is 0. The summed E-state index contributed by atoms with van der Waals surface area (Å²) >= 11 is 0. The van der Waals surface area contributed by atoms with Gasteiger partial charge in [0, 0.05) is 13.1 Å². The van der Waals surface area contributed by atoms with E-state index in [-0.39, 0.29) is 17.3 Å². The van der Waals surface area contributed by atoms with Crippen molar-refractivity contribution in [1.29, 1.82) is 0 Å². The zero-order chi connectivity index (χ0) is 15.5. The van der Waals surface area contributed by atoms with E-state index in [1.54, 1.807) is 4.90 Å². The molecular formula is C13H17FN2O4S. The molecule has 1 aliphatic heterocycles. The third-order valence-corrected chi connectivity index (χ3v) is 4.77. The van der Waals surface area contributed by atoms with Gasteiger partial charge in [0.15, 0.2) is 0 Å². The van der Waals surface area contributed by atoms with E-state index < -0.39 is 15.8 Å². The molecule has 1 heterocycles. The van der Waals surface area contributed by atoms with E-state index in [1.165, 1.54) is 13.0 Å². The Hall–Kier alpha value is -1.51. The fourth-order valence-corrected chi connectivity index (χ4v) is 3.27. The lowest BCUT2D eigenvalue weighted by molar-refractivity contribution is -0.133. The summed E-state index contributed by atoms with van der Waals surface area (Å²) < 4.78 is 44.6. The molecule has 1 aromatic carbocycles. The quantitative estimate of drug-likeness (QED) is 0.865. The first-order chi connectivity index (χ1) is 9.90. The lowest BCUT2D eigenvalue weighted by atomic mass is 10.2. The highest BCUT2D eigenvalue weighted by atomic mass is 32.2. The molecule has 6 nitrogen and oxygen atoms in total. The van der Waals surface area contributed by atoms with Crippen molar-refractivity contribution in [1.82, 2.24) is 9.62 Å². The van der Waals surface area contributed by atoms with Crippen LogP contribution in [0.3, 0.4) is 0 Å². The van der Waals surface area contributed by atoms with Gasteiger partial charge in [-0.05, 0) is 30.7 Å². The molecule has 0 spiro atoms. The predicted molar refractivity (Wildman–Crippen MR) is 73.7 cm³/mol. The van der Waals surface area contributed by atoms with Gasteiger partial charge in [0.25, 0.3) is 0 Å². The molecule has 0 aliphatic carbocycles. The highest BCUT2D eigenvalue weighted by molar-refractivity contribution is 7.89. The number of ether oxygens (including phenoxy) is 1. The Morgan fingerprint density at radius 2 is 2.05 bits per heavy atom. The van der Waals surface area contributed by atoms with E-state index in [0.717, 1.165) is 12.1 Å². The first-order valence-corrected chi connectivity index (χ1v) is 8.00. The lowest BCUT2D eigenvalue weighted by Gasteiger charge is -2.26. The number of morpholine rings is 1. The Morgan fingerprint density at radius 3 is 2.67 bits per heavy atom. The van der Waals surface area contributed by atoms with Crippen molar-refractivity contribution in [3.8, 4) is 0 Å². The second kappa shape index (κ2) is 6.50. The van der Waals surface area contributed by atoms with Gasteiger partial charge in [0.2, 0.25) is 15.9 Å². The Labute approximate surface area is 122 Å². The Morgan fingerprint density at radius 1 is 1.38 bits per heavy atom. The van der Waals surface area contributed by atoms with Crippen molar-refractivity contribution >= 4 is 15.9 Å². The van der Waals surface area contributed by atoms with E-state index in [9.17, 15) is 17.6 Å². The molecule has 0 saturated carbocycles. The van der Waals surface area contributed by atoms with Crippen molar-refractivity contribution in [2.45, 2.75) is 11.8 Å². The number of halogens is 1. The summed E-state index contributed by atoms with van der Waals surface area (Å²) in [7, 11) is -3.84. The molecule has 2 rings (SSSR count). The van der Waals surface area contributed by atoms with Crippen molar-refractivity contribution in [3.05, 3.63) is 29.6 Å². The number of sulfonamides is 1. The standard InChI is InChI=1S/C13H17FN2O4S/c1-10-8-11(14)2-3-12(10)21(18,19)15-9-13(17)16-4-6-20-7-5-16/h2-3,8,15H,4-7,9H2,1H3. The second-order valence-corrected chi connectivity index (χ2v) is 6.46. The summed E-state index contributed by atoms with van der Waals surface area (Å²) in [4.78, 5) is 13.4. The van der Waals surface area contributed by atoms with Crippen LogP contribution in [-0.2, 0) is 19.6 Å². The van der Waals surface area contributed by atoms with Crippen LogP contribution in [-0.4, -0.2) is 52.1 Å². The van der Waals surface area contributed by atoms with Crippen molar-refractivity contribution in [2.24, 2.45) is 0 Å². The normalized spacial score (nSPS) is 16.0. The van der Waals surface area contributed by atoms with E-state index in [1.807, 2.05) is 0 Å². The van der Waals surface area contributed by atoms with E-state index in [4.69, 9.17) is 4.74 Å². The SMILES string of the molecule is Cc1cc(F)ccc1S(=O)(=O)NCC(=O)N1CCOCC1. The maximum absolute atomic E-state index is 13.0. The van der Waals surface area contributed by atoms with Gasteiger partial charge < -0.3 is 9.64 Å². The number of rotatable bonds is 4. The van der Waals surface area contributed by atoms with Crippen LogP contribution in [0.1, 0.15) is 5.56 Å². The number of amides is 1. The minimum Gasteiger partial charge on any atom is -0.378 e. The minimum atomic E-state index is -3.84. The summed E-state index contributed by atoms with van der Waals surface area (Å²) in [5.74, 6) is -0.808. The summed E-state index contributed by atoms with van der Waals surface area (Å²) in [6.45, 7) is 3.00. The zero-order valence-corrected chi connectivity index (χ0v) is 12.5. The maximum atomic E-state index is 13.0. The number of carbonyl (C=O) groups is 1. The third kappa shape index (κ3) is 3.99. The van der Waals surface area contributed by atoms with E-state index in [2.05, 4.69) is 4.72 Å². The highest BCUT2D eigenvalue weighted by Gasteiger charge is 2.21. The summed E-state index contributed by atoms with van der Waals surface area (Å²) in [6, 6.07) is 3.40. The Kier molecular flexibility index (Phi) is 4.92. The van der Waals surface area contributed by atoms with E-state index >= 15 is 0 Å². The first-order valence-electron chi connectivity index (χ1n) is 6.51. The summed E-state index contributed by atoms with van der Waals surface area (Å²) in [5.41, 5.74) is 0.293. The zero-order valence-electron chi connectivity index (χ0n) is 11.6. The number of hydrogen-bond acceptors (Lipinski definition) is 4. The van der Waals surface area contributed by atoms with Gasteiger partial charge in [0.05, 0.1) is 24.7 Å². The van der Waals surface area contributed by atoms with Crippen LogP contribution in [0, 0.1) is 12.7 Å². The average molecular weight is 316 g/mol. The van der Waals surface area contributed by atoms with Crippen molar-refractivity contribution in [3.63, 3.8) is 0 Å². The molecule has 1 fully saturated rings.